The number of ether oxygens (including phenoxy) is 1. The predicted molar refractivity (Wildman–Crippen MR) is 54.0 cm³/mol. The zero-order chi connectivity index (χ0) is 9.26. The molecule has 2 nitrogen and oxygen atoms in total. The molecule has 2 rings (SSSR count). The largest absolute Gasteiger partial charge is 0.488 e. The minimum Gasteiger partial charge on any atom is -0.488 e. The lowest BCUT2D eigenvalue weighted by atomic mass is 10.1. The van der Waals surface area contributed by atoms with Crippen molar-refractivity contribution in [3.63, 3.8) is 0 Å². The summed E-state index contributed by atoms with van der Waals surface area (Å²) in [5.74, 6) is 0.872. The summed E-state index contributed by atoms with van der Waals surface area (Å²) in [4.78, 5) is 0.846. The van der Waals surface area contributed by atoms with E-state index >= 15 is 0 Å². The Kier molecular flexibility index (Phi) is 2.19. The Hall–Kier alpha value is -1.09. The SMILES string of the molecule is CS(=O)C1=Cc2ccccc2OC1. The summed E-state index contributed by atoms with van der Waals surface area (Å²) in [6.07, 6.45) is 3.61. The van der Waals surface area contributed by atoms with Crippen molar-refractivity contribution < 1.29 is 8.95 Å². The Morgan fingerprint density at radius 1 is 1.38 bits per heavy atom. The molecule has 1 aromatic carbocycles. The summed E-state index contributed by atoms with van der Waals surface area (Å²) >= 11 is 0. The van der Waals surface area contributed by atoms with E-state index in [2.05, 4.69) is 0 Å². The average molecular weight is 194 g/mol. The fraction of sp³-hybridized carbons (Fsp3) is 0.200. The number of fused-ring (bicyclic) bond motifs is 1. The van der Waals surface area contributed by atoms with Crippen LogP contribution in [0.15, 0.2) is 29.2 Å². The molecule has 1 unspecified atom stereocenters. The molecule has 3 heteroatoms. The molecule has 1 heterocycles. The van der Waals surface area contributed by atoms with Crippen LogP contribution in [0.4, 0.5) is 0 Å². The van der Waals surface area contributed by atoms with Gasteiger partial charge in [0.05, 0.1) is 4.91 Å². The molecule has 13 heavy (non-hydrogen) atoms. The molecule has 0 radical (unpaired) electrons. The minimum absolute atomic E-state index is 0.445. The van der Waals surface area contributed by atoms with Crippen LogP contribution >= 0.6 is 0 Å². The Balaban J connectivity index is 2.44. The average Bonchev–Trinajstić information content (AvgIpc) is 2.17. The molecule has 0 aromatic heterocycles. The van der Waals surface area contributed by atoms with Gasteiger partial charge in [-0.3, -0.25) is 4.21 Å². The maximum absolute atomic E-state index is 11.2. The van der Waals surface area contributed by atoms with Gasteiger partial charge < -0.3 is 4.74 Å². The van der Waals surface area contributed by atoms with Crippen molar-refractivity contribution in [1.82, 2.24) is 0 Å². The first kappa shape index (κ1) is 8.51. The topological polar surface area (TPSA) is 26.3 Å². The van der Waals surface area contributed by atoms with E-state index in [4.69, 9.17) is 4.74 Å². The first-order valence-electron chi connectivity index (χ1n) is 4.03. The fourth-order valence-electron chi connectivity index (χ4n) is 1.26. The number of hydrogen-bond donors (Lipinski definition) is 0. The van der Waals surface area contributed by atoms with E-state index < -0.39 is 10.8 Å². The Morgan fingerprint density at radius 2 is 2.15 bits per heavy atom. The summed E-state index contributed by atoms with van der Waals surface area (Å²) in [5, 5.41) is 0. The number of benzene rings is 1. The number of rotatable bonds is 1. The third kappa shape index (κ3) is 1.65. The molecule has 1 aliphatic heterocycles. The maximum Gasteiger partial charge on any atom is 0.127 e. The highest BCUT2D eigenvalue weighted by atomic mass is 32.2. The molecular weight excluding hydrogens is 184 g/mol. The Morgan fingerprint density at radius 3 is 2.92 bits per heavy atom. The molecule has 0 N–H and O–H groups in total. The van der Waals surface area contributed by atoms with Gasteiger partial charge in [-0.2, -0.15) is 0 Å². The van der Waals surface area contributed by atoms with E-state index in [1.54, 1.807) is 6.26 Å². The van der Waals surface area contributed by atoms with Crippen LogP contribution in [0.2, 0.25) is 0 Å². The molecule has 1 aliphatic rings. The van der Waals surface area contributed by atoms with Crippen LogP contribution in [-0.2, 0) is 10.8 Å². The van der Waals surface area contributed by atoms with Gasteiger partial charge >= 0.3 is 0 Å². The first-order valence-corrected chi connectivity index (χ1v) is 5.59. The lowest BCUT2D eigenvalue weighted by molar-refractivity contribution is 0.354. The van der Waals surface area contributed by atoms with Gasteiger partial charge in [-0.05, 0) is 12.1 Å². The zero-order valence-corrected chi connectivity index (χ0v) is 8.14. The van der Waals surface area contributed by atoms with E-state index in [1.807, 2.05) is 30.3 Å². The summed E-state index contributed by atoms with van der Waals surface area (Å²) in [5.41, 5.74) is 1.01. The monoisotopic (exact) mass is 194 g/mol. The molecule has 68 valence electrons. The van der Waals surface area contributed by atoms with E-state index in [1.165, 1.54) is 0 Å². The highest BCUT2D eigenvalue weighted by Gasteiger charge is 2.12. The van der Waals surface area contributed by atoms with Crippen molar-refractivity contribution in [2.75, 3.05) is 12.9 Å². The second-order valence-electron chi connectivity index (χ2n) is 2.89. The van der Waals surface area contributed by atoms with E-state index in [9.17, 15) is 4.21 Å². The van der Waals surface area contributed by atoms with Gasteiger partial charge in [0.15, 0.2) is 0 Å². The maximum atomic E-state index is 11.2. The van der Waals surface area contributed by atoms with Crippen LogP contribution in [0.1, 0.15) is 5.56 Å². The van der Waals surface area contributed by atoms with E-state index in [0.29, 0.717) is 6.61 Å². The second-order valence-corrected chi connectivity index (χ2v) is 4.32. The van der Waals surface area contributed by atoms with Gasteiger partial charge in [0, 0.05) is 22.6 Å². The predicted octanol–water partition coefficient (Wildman–Crippen LogP) is 1.80. The highest BCUT2D eigenvalue weighted by Crippen LogP contribution is 2.26. The molecule has 0 fully saturated rings. The van der Waals surface area contributed by atoms with Gasteiger partial charge in [-0.15, -0.1) is 0 Å². The molecule has 0 spiro atoms. The van der Waals surface area contributed by atoms with Gasteiger partial charge in [-0.25, -0.2) is 0 Å². The van der Waals surface area contributed by atoms with Crippen LogP contribution in [-0.4, -0.2) is 17.1 Å². The van der Waals surface area contributed by atoms with Crippen LogP contribution in [0.5, 0.6) is 5.75 Å². The summed E-state index contributed by atoms with van der Waals surface area (Å²) < 4.78 is 16.6. The molecule has 1 atom stereocenters. The lowest BCUT2D eigenvalue weighted by Crippen LogP contribution is -2.10. The highest BCUT2D eigenvalue weighted by molar-refractivity contribution is 7.88. The smallest absolute Gasteiger partial charge is 0.127 e. The van der Waals surface area contributed by atoms with Crippen LogP contribution in [0.3, 0.4) is 0 Å². The molecular formula is C10H10O2S. The zero-order valence-electron chi connectivity index (χ0n) is 7.32. The fourth-order valence-corrected chi connectivity index (χ4v) is 1.78. The molecule has 0 bridgehead atoms. The first-order chi connectivity index (χ1) is 6.27. The summed E-state index contributed by atoms with van der Waals surface area (Å²) in [7, 11) is -0.923. The van der Waals surface area contributed by atoms with Crippen molar-refractivity contribution in [1.29, 1.82) is 0 Å². The number of para-hydroxylation sites is 1. The van der Waals surface area contributed by atoms with Crippen molar-refractivity contribution >= 4 is 16.9 Å². The Bertz CT molecular complexity index is 382. The third-order valence-electron chi connectivity index (χ3n) is 1.97. The van der Waals surface area contributed by atoms with E-state index in [0.717, 1.165) is 16.2 Å². The van der Waals surface area contributed by atoms with Crippen LogP contribution < -0.4 is 4.74 Å². The lowest BCUT2D eigenvalue weighted by Gasteiger charge is -2.15. The Labute approximate surface area is 79.7 Å². The summed E-state index contributed by atoms with van der Waals surface area (Å²) in [6.45, 7) is 0.445. The van der Waals surface area contributed by atoms with Crippen molar-refractivity contribution in [2.45, 2.75) is 0 Å². The van der Waals surface area contributed by atoms with Gasteiger partial charge in [0.1, 0.15) is 12.4 Å². The van der Waals surface area contributed by atoms with Gasteiger partial charge in [0.2, 0.25) is 0 Å². The second kappa shape index (κ2) is 3.34. The molecule has 0 aliphatic carbocycles. The van der Waals surface area contributed by atoms with Crippen LogP contribution in [0.25, 0.3) is 6.08 Å². The molecule has 1 aromatic rings. The van der Waals surface area contributed by atoms with Crippen molar-refractivity contribution in [2.24, 2.45) is 0 Å². The third-order valence-corrected chi connectivity index (χ3v) is 2.95. The number of hydrogen-bond acceptors (Lipinski definition) is 2. The quantitative estimate of drug-likeness (QED) is 0.681. The summed E-state index contributed by atoms with van der Waals surface area (Å²) in [6, 6.07) is 7.75. The van der Waals surface area contributed by atoms with Crippen LogP contribution in [0, 0.1) is 0 Å². The van der Waals surface area contributed by atoms with Gasteiger partial charge in [0.25, 0.3) is 0 Å². The molecule has 0 saturated carbocycles. The molecule has 0 amide bonds. The molecule has 0 saturated heterocycles. The van der Waals surface area contributed by atoms with Gasteiger partial charge in [-0.1, -0.05) is 18.2 Å². The normalized spacial score (nSPS) is 16.8. The standard InChI is InChI=1S/C10H10O2S/c1-13(11)9-6-8-4-2-3-5-10(8)12-7-9/h2-6H,7H2,1H3. The van der Waals surface area contributed by atoms with E-state index in [-0.39, 0.29) is 0 Å². The van der Waals surface area contributed by atoms with Crippen molar-refractivity contribution in [3.8, 4) is 5.75 Å². The van der Waals surface area contributed by atoms with Crippen molar-refractivity contribution in [3.05, 3.63) is 34.7 Å². The minimum atomic E-state index is -0.923.